The van der Waals surface area contributed by atoms with Gasteiger partial charge in [0.25, 0.3) is 11.6 Å². The zero-order valence-electron chi connectivity index (χ0n) is 14.6. The van der Waals surface area contributed by atoms with Crippen molar-refractivity contribution in [2.75, 3.05) is 0 Å². The lowest BCUT2D eigenvalue weighted by Crippen LogP contribution is -2.43. The number of sulfonamides is 1. The Balaban J connectivity index is 2.02. The van der Waals surface area contributed by atoms with E-state index >= 15 is 0 Å². The summed E-state index contributed by atoms with van der Waals surface area (Å²) in [4.78, 5) is 22.4. The van der Waals surface area contributed by atoms with Crippen molar-refractivity contribution in [1.29, 1.82) is 0 Å². The SMILES string of the molecule is Cc1ccc(S(=O)(=O)NC(C)C(=O)NN=Cc2ccccc2[N+](=O)[O-])cc1. The molecule has 0 aliphatic rings. The molecule has 1 amide bonds. The first kappa shape index (κ1) is 20.2. The van der Waals surface area contributed by atoms with Gasteiger partial charge in [0, 0.05) is 6.07 Å². The third-order valence-corrected chi connectivity index (χ3v) is 5.12. The van der Waals surface area contributed by atoms with Crippen molar-refractivity contribution in [1.82, 2.24) is 10.1 Å². The molecule has 0 fully saturated rings. The van der Waals surface area contributed by atoms with Crippen molar-refractivity contribution in [2.45, 2.75) is 24.8 Å². The number of carbonyl (C=O) groups excluding carboxylic acids is 1. The maximum Gasteiger partial charge on any atom is 0.278 e. The van der Waals surface area contributed by atoms with Gasteiger partial charge in [0.05, 0.1) is 27.6 Å². The second-order valence-corrected chi connectivity index (χ2v) is 7.42. The summed E-state index contributed by atoms with van der Waals surface area (Å²) in [5, 5.41) is 14.6. The van der Waals surface area contributed by atoms with Crippen LogP contribution in [0.1, 0.15) is 18.1 Å². The minimum atomic E-state index is -3.87. The van der Waals surface area contributed by atoms with Gasteiger partial charge in [0.1, 0.15) is 0 Å². The monoisotopic (exact) mass is 390 g/mol. The number of amides is 1. The highest BCUT2D eigenvalue weighted by molar-refractivity contribution is 7.89. The number of carbonyl (C=O) groups is 1. The van der Waals surface area contributed by atoms with Crippen molar-refractivity contribution in [3.8, 4) is 0 Å². The molecule has 2 aromatic carbocycles. The largest absolute Gasteiger partial charge is 0.278 e. The fourth-order valence-corrected chi connectivity index (χ4v) is 3.30. The molecule has 0 bridgehead atoms. The molecule has 0 saturated heterocycles. The lowest BCUT2D eigenvalue weighted by atomic mass is 10.2. The summed E-state index contributed by atoms with van der Waals surface area (Å²) in [7, 11) is -3.87. The van der Waals surface area contributed by atoms with Crippen LogP contribution < -0.4 is 10.1 Å². The van der Waals surface area contributed by atoms with Crippen molar-refractivity contribution in [3.63, 3.8) is 0 Å². The number of rotatable bonds is 7. The molecule has 2 aromatic rings. The number of hydrogen-bond acceptors (Lipinski definition) is 6. The van der Waals surface area contributed by atoms with Gasteiger partial charge in [-0.1, -0.05) is 29.8 Å². The highest BCUT2D eigenvalue weighted by Crippen LogP contribution is 2.15. The topological polar surface area (TPSA) is 131 Å². The number of aryl methyl sites for hydroxylation is 1. The molecule has 1 atom stereocenters. The van der Waals surface area contributed by atoms with E-state index < -0.39 is 26.9 Å². The average molecular weight is 390 g/mol. The van der Waals surface area contributed by atoms with E-state index in [0.717, 1.165) is 11.8 Å². The molecule has 27 heavy (non-hydrogen) atoms. The molecule has 2 rings (SSSR count). The van der Waals surface area contributed by atoms with Gasteiger partial charge in [-0.2, -0.15) is 9.82 Å². The first-order valence-electron chi connectivity index (χ1n) is 7.86. The van der Waals surface area contributed by atoms with Gasteiger partial charge in [0.2, 0.25) is 10.0 Å². The number of nitrogens with one attached hydrogen (secondary N) is 2. The zero-order chi connectivity index (χ0) is 20.0. The molecule has 142 valence electrons. The molecule has 9 nitrogen and oxygen atoms in total. The van der Waals surface area contributed by atoms with Gasteiger partial charge in [-0.15, -0.1) is 0 Å². The van der Waals surface area contributed by atoms with Crippen molar-refractivity contribution >= 4 is 27.8 Å². The fourth-order valence-electron chi connectivity index (χ4n) is 2.10. The van der Waals surface area contributed by atoms with Gasteiger partial charge in [0.15, 0.2) is 0 Å². The molecule has 0 aliphatic carbocycles. The van der Waals surface area contributed by atoms with Gasteiger partial charge < -0.3 is 0 Å². The number of nitro groups is 1. The van der Waals surface area contributed by atoms with Gasteiger partial charge in [-0.3, -0.25) is 14.9 Å². The lowest BCUT2D eigenvalue weighted by molar-refractivity contribution is -0.385. The summed E-state index contributed by atoms with van der Waals surface area (Å²) in [6.07, 6.45) is 1.12. The zero-order valence-corrected chi connectivity index (χ0v) is 15.4. The average Bonchev–Trinajstić information content (AvgIpc) is 2.61. The summed E-state index contributed by atoms with van der Waals surface area (Å²) in [5.74, 6) is -0.708. The van der Waals surface area contributed by atoms with E-state index in [2.05, 4.69) is 15.2 Å². The Labute approximate surface area is 156 Å². The van der Waals surface area contributed by atoms with Crippen LogP contribution in [0.5, 0.6) is 0 Å². The van der Waals surface area contributed by atoms with Crippen LogP contribution in [0.25, 0.3) is 0 Å². The summed E-state index contributed by atoms with van der Waals surface area (Å²) in [6, 6.07) is 11.0. The third kappa shape index (κ3) is 5.43. The fraction of sp³-hybridized carbons (Fsp3) is 0.176. The van der Waals surface area contributed by atoms with Crippen LogP contribution in [0.2, 0.25) is 0 Å². The predicted octanol–water partition coefficient (Wildman–Crippen LogP) is 1.72. The van der Waals surface area contributed by atoms with Gasteiger partial charge >= 0.3 is 0 Å². The van der Waals surface area contributed by atoms with Crippen molar-refractivity contribution in [2.24, 2.45) is 5.10 Å². The summed E-state index contributed by atoms with van der Waals surface area (Å²) >= 11 is 0. The van der Waals surface area contributed by atoms with E-state index in [1.54, 1.807) is 18.2 Å². The molecular formula is C17H18N4O5S. The quantitative estimate of drug-likeness (QED) is 0.422. The van der Waals surface area contributed by atoms with E-state index in [1.807, 2.05) is 6.92 Å². The van der Waals surface area contributed by atoms with Crippen LogP contribution >= 0.6 is 0 Å². The minimum Gasteiger partial charge on any atom is -0.271 e. The maximum absolute atomic E-state index is 12.3. The van der Waals surface area contributed by atoms with Crippen LogP contribution in [-0.2, 0) is 14.8 Å². The minimum absolute atomic E-state index is 0.0381. The van der Waals surface area contributed by atoms with Crippen molar-refractivity contribution in [3.05, 3.63) is 69.8 Å². The van der Waals surface area contributed by atoms with Crippen LogP contribution in [0.4, 0.5) is 5.69 Å². The number of benzene rings is 2. The molecule has 1 unspecified atom stereocenters. The van der Waals surface area contributed by atoms with Gasteiger partial charge in [-0.25, -0.2) is 13.8 Å². The number of hydrazone groups is 1. The molecule has 0 spiro atoms. The van der Waals surface area contributed by atoms with Crippen LogP contribution in [0, 0.1) is 17.0 Å². The lowest BCUT2D eigenvalue weighted by Gasteiger charge is -2.12. The molecule has 0 saturated carbocycles. The molecule has 0 radical (unpaired) electrons. The van der Waals surface area contributed by atoms with E-state index in [0.29, 0.717) is 0 Å². The Hall–Kier alpha value is -3.11. The number of para-hydroxylation sites is 1. The Morgan fingerprint density at radius 2 is 1.81 bits per heavy atom. The summed E-state index contributed by atoms with van der Waals surface area (Å²) in [6.45, 7) is 3.19. The van der Waals surface area contributed by atoms with E-state index in [4.69, 9.17) is 0 Å². The highest BCUT2D eigenvalue weighted by atomic mass is 32.2. The van der Waals surface area contributed by atoms with Crippen molar-refractivity contribution < 1.29 is 18.1 Å². The normalized spacial score (nSPS) is 12.7. The molecule has 2 N–H and O–H groups in total. The Kier molecular flexibility index (Phi) is 6.37. The number of nitro benzene ring substituents is 1. The molecule has 0 aliphatic heterocycles. The van der Waals surface area contributed by atoms with E-state index in [9.17, 15) is 23.3 Å². The molecule has 0 heterocycles. The number of nitrogens with zero attached hydrogens (tertiary/aromatic N) is 2. The highest BCUT2D eigenvalue weighted by Gasteiger charge is 2.21. The summed E-state index contributed by atoms with van der Waals surface area (Å²) < 4.78 is 26.8. The van der Waals surface area contributed by atoms with Crippen LogP contribution in [0.3, 0.4) is 0 Å². The molecule has 10 heteroatoms. The Morgan fingerprint density at radius 1 is 1.19 bits per heavy atom. The number of hydrogen-bond donors (Lipinski definition) is 2. The predicted molar refractivity (Wildman–Crippen MR) is 99.8 cm³/mol. The smallest absolute Gasteiger partial charge is 0.271 e. The Bertz CT molecular complexity index is 971. The second-order valence-electron chi connectivity index (χ2n) is 5.71. The second kappa shape index (κ2) is 8.52. The standard InChI is InChI=1S/C17H18N4O5S/c1-12-7-9-15(10-8-12)27(25,26)20-13(2)17(22)19-18-11-14-5-3-4-6-16(14)21(23)24/h3-11,13,20H,1-2H3,(H,19,22). The molecule has 0 aromatic heterocycles. The van der Waals surface area contributed by atoms with Gasteiger partial charge in [-0.05, 0) is 32.0 Å². The van der Waals surface area contributed by atoms with Crippen LogP contribution in [0.15, 0.2) is 58.5 Å². The van der Waals surface area contributed by atoms with E-state index in [-0.39, 0.29) is 16.1 Å². The van der Waals surface area contributed by atoms with Crippen LogP contribution in [-0.4, -0.2) is 31.5 Å². The van der Waals surface area contributed by atoms with E-state index in [1.165, 1.54) is 37.3 Å². The summed E-state index contributed by atoms with van der Waals surface area (Å²) in [5.41, 5.74) is 3.11. The maximum atomic E-state index is 12.3. The Morgan fingerprint density at radius 3 is 2.44 bits per heavy atom. The third-order valence-electron chi connectivity index (χ3n) is 3.57. The first-order chi connectivity index (χ1) is 12.7. The molecular weight excluding hydrogens is 372 g/mol. The first-order valence-corrected chi connectivity index (χ1v) is 9.34.